The minimum absolute atomic E-state index is 0.194. The van der Waals surface area contributed by atoms with E-state index in [-0.39, 0.29) is 11.8 Å². The van der Waals surface area contributed by atoms with Gasteiger partial charge in [0, 0.05) is 54.3 Å². The average molecular weight is 512 g/mol. The Bertz CT molecular complexity index is 1210. The van der Waals surface area contributed by atoms with Crippen molar-refractivity contribution in [1.29, 1.82) is 0 Å². The molecule has 1 aromatic heterocycles. The Hall–Kier alpha value is -3.22. The van der Waals surface area contributed by atoms with E-state index in [1.165, 1.54) is 6.08 Å². The largest absolute Gasteiger partial charge is 0.457 e. The molecule has 35 heavy (non-hydrogen) atoms. The summed E-state index contributed by atoms with van der Waals surface area (Å²) in [7, 11) is 0. The van der Waals surface area contributed by atoms with Gasteiger partial charge in [-0.05, 0) is 67.1 Å². The van der Waals surface area contributed by atoms with Crippen LogP contribution < -0.4 is 10.2 Å². The van der Waals surface area contributed by atoms with E-state index in [1.807, 2.05) is 36.1 Å². The topological polar surface area (TPSA) is 65.8 Å². The van der Waals surface area contributed by atoms with Gasteiger partial charge >= 0.3 is 0 Å². The van der Waals surface area contributed by atoms with E-state index in [0.717, 1.165) is 17.7 Å². The molecular weight excluding hydrogens is 485 g/mol. The molecular formula is C27H27Cl2N3O3. The zero-order valence-electron chi connectivity index (χ0n) is 19.5. The Kier molecular flexibility index (Phi) is 8.16. The summed E-state index contributed by atoms with van der Waals surface area (Å²) < 4.78 is 5.82. The Morgan fingerprint density at radius 3 is 2.40 bits per heavy atom. The number of nitrogens with zero attached hydrogens (tertiary/aromatic N) is 2. The van der Waals surface area contributed by atoms with Crippen LogP contribution in [0.25, 0.3) is 17.4 Å². The second kappa shape index (κ2) is 11.5. The molecule has 8 heteroatoms. The number of hydrogen-bond donors (Lipinski definition) is 1. The first-order valence-electron chi connectivity index (χ1n) is 11.6. The van der Waals surface area contributed by atoms with Crippen LogP contribution in [0.5, 0.6) is 0 Å². The molecule has 1 aliphatic rings. The quantitative estimate of drug-likeness (QED) is 0.375. The number of amides is 2. The SMILES string of the molecule is CCCC(=O)N1CCN(c2ccc(Cl)cc2NC(=O)/C=C/c2ccc(-c3ccc(Cl)cc3)o2)CC1. The van der Waals surface area contributed by atoms with Gasteiger partial charge in [-0.3, -0.25) is 9.59 Å². The summed E-state index contributed by atoms with van der Waals surface area (Å²) in [5.41, 5.74) is 2.40. The van der Waals surface area contributed by atoms with Crippen LogP contribution in [0.15, 0.2) is 65.1 Å². The van der Waals surface area contributed by atoms with E-state index in [0.29, 0.717) is 59.9 Å². The van der Waals surface area contributed by atoms with Crippen molar-refractivity contribution in [3.05, 3.63) is 76.5 Å². The summed E-state index contributed by atoms with van der Waals surface area (Å²) in [6.07, 6.45) is 4.47. The molecule has 0 unspecified atom stereocenters. The third kappa shape index (κ3) is 6.47. The minimum atomic E-state index is -0.297. The molecule has 3 aromatic rings. The number of nitrogens with one attached hydrogen (secondary N) is 1. The van der Waals surface area contributed by atoms with Crippen molar-refractivity contribution in [3.63, 3.8) is 0 Å². The van der Waals surface area contributed by atoms with Crippen molar-refractivity contribution in [2.75, 3.05) is 36.4 Å². The van der Waals surface area contributed by atoms with Gasteiger partial charge in [0.1, 0.15) is 11.5 Å². The van der Waals surface area contributed by atoms with Crippen LogP contribution in [0, 0.1) is 0 Å². The molecule has 0 spiro atoms. The minimum Gasteiger partial charge on any atom is -0.457 e. The lowest BCUT2D eigenvalue weighted by atomic mass is 10.2. The zero-order valence-corrected chi connectivity index (χ0v) is 21.0. The first kappa shape index (κ1) is 24.9. The number of anilines is 2. The molecule has 0 atom stereocenters. The predicted octanol–water partition coefficient (Wildman–Crippen LogP) is 6.35. The molecule has 0 aliphatic carbocycles. The van der Waals surface area contributed by atoms with E-state index < -0.39 is 0 Å². The number of furan rings is 1. The van der Waals surface area contributed by atoms with Gasteiger partial charge < -0.3 is 19.5 Å². The van der Waals surface area contributed by atoms with Crippen LogP contribution in [0.3, 0.4) is 0 Å². The molecule has 1 N–H and O–H groups in total. The van der Waals surface area contributed by atoms with E-state index >= 15 is 0 Å². The number of piperazine rings is 1. The maximum Gasteiger partial charge on any atom is 0.248 e. The monoisotopic (exact) mass is 511 g/mol. The van der Waals surface area contributed by atoms with Gasteiger partial charge in [-0.1, -0.05) is 30.1 Å². The second-order valence-corrected chi connectivity index (χ2v) is 9.18. The van der Waals surface area contributed by atoms with Crippen molar-refractivity contribution < 1.29 is 14.0 Å². The fourth-order valence-electron chi connectivity index (χ4n) is 4.00. The third-order valence-electron chi connectivity index (χ3n) is 5.81. The van der Waals surface area contributed by atoms with Gasteiger partial charge in [0.15, 0.2) is 0 Å². The highest BCUT2D eigenvalue weighted by Gasteiger charge is 2.22. The van der Waals surface area contributed by atoms with E-state index in [1.54, 1.807) is 36.4 Å². The summed E-state index contributed by atoms with van der Waals surface area (Å²) in [4.78, 5) is 29.0. The number of hydrogen-bond acceptors (Lipinski definition) is 4. The lowest BCUT2D eigenvalue weighted by Gasteiger charge is -2.37. The van der Waals surface area contributed by atoms with Crippen LogP contribution >= 0.6 is 23.2 Å². The van der Waals surface area contributed by atoms with Gasteiger partial charge in [0.05, 0.1) is 11.4 Å². The van der Waals surface area contributed by atoms with E-state index in [9.17, 15) is 9.59 Å². The van der Waals surface area contributed by atoms with Crippen molar-refractivity contribution in [2.45, 2.75) is 19.8 Å². The number of carbonyl (C=O) groups excluding carboxylic acids is 2. The van der Waals surface area contributed by atoms with Crippen LogP contribution in [0.2, 0.25) is 10.0 Å². The Morgan fingerprint density at radius 1 is 0.971 bits per heavy atom. The lowest BCUT2D eigenvalue weighted by molar-refractivity contribution is -0.131. The van der Waals surface area contributed by atoms with Crippen molar-refractivity contribution in [3.8, 4) is 11.3 Å². The number of halogens is 2. The Balaban J connectivity index is 1.41. The summed E-state index contributed by atoms with van der Waals surface area (Å²) in [6, 6.07) is 16.4. The zero-order chi connectivity index (χ0) is 24.8. The smallest absolute Gasteiger partial charge is 0.248 e. The van der Waals surface area contributed by atoms with Gasteiger partial charge in [-0.15, -0.1) is 0 Å². The predicted molar refractivity (Wildman–Crippen MR) is 142 cm³/mol. The molecule has 1 saturated heterocycles. The van der Waals surface area contributed by atoms with Gasteiger partial charge in [-0.2, -0.15) is 0 Å². The highest BCUT2D eigenvalue weighted by molar-refractivity contribution is 6.31. The van der Waals surface area contributed by atoms with Crippen LogP contribution in [0.4, 0.5) is 11.4 Å². The summed E-state index contributed by atoms with van der Waals surface area (Å²) >= 11 is 12.2. The molecule has 0 saturated carbocycles. The first-order chi connectivity index (χ1) is 16.9. The van der Waals surface area contributed by atoms with Crippen molar-refractivity contribution in [1.82, 2.24) is 4.90 Å². The fraction of sp³-hybridized carbons (Fsp3) is 0.259. The fourth-order valence-corrected chi connectivity index (χ4v) is 4.29. The normalized spacial score (nSPS) is 13.9. The molecule has 0 bridgehead atoms. The van der Waals surface area contributed by atoms with Crippen molar-refractivity contribution >= 4 is 52.5 Å². The maximum absolute atomic E-state index is 12.7. The molecule has 1 aliphatic heterocycles. The molecule has 4 rings (SSSR count). The van der Waals surface area contributed by atoms with Gasteiger partial charge in [0.25, 0.3) is 0 Å². The highest BCUT2D eigenvalue weighted by atomic mass is 35.5. The Labute approximate surface area is 215 Å². The molecule has 2 aromatic carbocycles. The van der Waals surface area contributed by atoms with Gasteiger partial charge in [0.2, 0.25) is 11.8 Å². The molecule has 0 radical (unpaired) electrons. The van der Waals surface area contributed by atoms with Crippen molar-refractivity contribution in [2.24, 2.45) is 0 Å². The molecule has 1 fully saturated rings. The van der Waals surface area contributed by atoms with E-state index in [2.05, 4.69) is 10.2 Å². The first-order valence-corrected chi connectivity index (χ1v) is 12.4. The lowest BCUT2D eigenvalue weighted by Crippen LogP contribution is -2.48. The number of benzene rings is 2. The van der Waals surface area contributed by atoms with E-state index in [4.69, 9.17) is 27.6 Å². The molecule has 2 amide bonds. The highest BCUT2D eigenvalue weighted by Crippen LogP contribution is 2.30. The standard InChI is InChI=1S/C27H27Cl2N3O3/c1-2-3-27(34)32-16-14-31(15-17-32)24-11-8-21(29)18-23(24)30-26(33)13-10-22-9-12-25(35-22)19-4-6-20(28)7-5-19/h4-13,18H,2-3,14-17H2,1H3,(H,30,33)/b13-10+. The number of rotatable bonds is 7. The summed E-state index contributed by atoms with van der Waals surface area (Å²) in [5, 5.41) is 4.12. The maximum atomic E-state index is 12.7. The van der Waals surface area contributed by atoms with Crippen LogP contribution in [0.1, 0.15) is 25.5 Å². The van der Waals surface area contributed by atoms with Crippen LogP contribution in [-0.4, -0.2) is 42.9 Å². The summed E-state index contributed by atoms with van der Waals surface area (Å²) in [5.74, 6) is 1.15. The molecule has 182 valence electrons. The molecule has 2 heterocycles. The van der Waals surface area contributed by atoms with Gasteiger partial charge in [-0.25, -0.2) is 0 Å². The molecule has 6 nitrogen and oxygen atoms in total. The average Bonchev–Trinajstić information content (AvgIpc) is 3.33. The third-order valence-corrected chi connectivity index (χ3v) is 6.29. The summed E-state index contributed by atoms with van der Waals surface area (Å²) in [6.45, 7) is 4.70. The second-order valence-electron chi connectivity index (χ2n) is 8.31. The number of carbonyl (C=O) groups is 2. The van der Waals surface area contributed by atoms with Crippen LogP contribution in [-0.2, 0) is 9.59 Å². The Morgan fingerprint density at radius 2 is 1.69 bits per heavy atom.